The van der Waals surface area contributed by atoms with Crippen LogP contribution in [0.4, 0.5) is 5.82 Å². The number of hydrogen-bond donors (Lipinski definition) is 1. The number of carbonyl (C=O) groups is 1. The third kappa shape index (κ3) is 2.69. The van der Waals surface area contributed by atoms with Gasteiger partial charge in [-0.1, -0.05) is 0 Å². The van der Waals surface area contributed by atoms with E-state index in [2.05, 4.69) is 20.6 Å². The Bertz CT molecular complexity index is 542. The molecule has 2 rings (SSSR count). The lowest BCUT2D eigenvalue weighted by atomic mass is 10.4. The Labute approximate surface area is 102 Å². The van der Waals surface area contributed by atoms with E-state index < -0.39 is 5.97 Å². The van der Waals surface area contributed by atoms with Gasteiger partial charge in [0.2, 0.25) is 0 Å². The summed E-state index contributed by atoms with van der Waals surface area (Å²) in [5.41, 5.74) is 0.501. The first kappa shape index (κ1) is 12.2. The normalized spacial score (nSPS) is 10.7. The average molecular weight is 252 g/mol. The number of carboxylic acid groups (broad SMARTS) is 1. The molecule has 9 nitrogen and oxygen atoms in total. The number of tetrazole rings is 1. The first-order valence-electron chi connectivity index (χ1n) is 5.22. The van der Waals surface area contributed by atoms with Crippen LogP contribution in [-0.4, -0.2) is 63.1 Å². The van der Waals surface area contributed by atoms with Gasteiger partial charge in [-0.15, -0.1) is 14.8 Å². The summed E-state index contributed by atoms with van der Waals surface area (Å²) < 4.78 is 6.19. The molecule has 0 fully saturated rings. The van der Waals surface area contributed by atoms with Crippen molar-refractivity contribution in [3.05, 3.63) is 12.1 Å². The molecule has 0 aliphatic rings. The van der Waals surface area contributed by atoms with Gasteiger partial charge in [0.25, 0.3) is 0 Å². The molecule has 0 aliphatic carbocycles. The molecule has 1 N–H and O–H groups in total. The lowest BCUT2D eigenvalue weighted by Gasteiger charge is -2.20. The van der Waals surface area contributed by atoms with Gasteiger partial charge >= 0.3 is 5.97 Å². The van der Waals surface area contributed by atoms with Gasteiger partial charge in [-0.05, 0) is 22.6 Å². The van der Waals surface area contributed by atoms with Crippen molar-refractivity contribution in [2.24, 2.45) is 0 Å². The lowest BCUT2D eigenvalue weighted by Crippen LogP contribution is -2.33. The van der Waals surface area contributed by atoms with Crippen LogP contribution < -0.4 is 4.90 Å². The van der Waals surface area contributed by atoms with Crippen LogP contribution in [0.25, 0.3) is 5.65 Å². The molecule has 0 unspecified atom stereocenters. The molecule has 9 heteroatoms. The Kier molecular flexibility index (Phi) is 3.63. The van der Waals surface area contributed by atoms with Gasteiger partial charge in [0.15, 0.2) is 11.5 Å². The Balaban J connectivity index is 2.24. The summed E-state index contributed by atoms with van der Waals surface area (Å²) in [4.78, 5) is 12.4. The van der Waals surface area contributed by atoms with E-state index in [4.69, 9.17) is 9.84 Å². The number of fused-ring (bicyclic) bond motifs is 1. The number of aliphatic carboxylic acids is 1. The fourth-order valence-electron chi connectivity index (χ4n) is 1.45. The fraction of sp³-hybridized carbons (Fsp3) is 0.444. The highest BCUT2D eigenvalue weighted by atomic mass is 16.5. The maximum atomic E-state index is 10.8. The number of nitrogens with zero attached hydrogens (tertiary/aromatic N) is 6. The molecule has 0 amide bonds. The van der Waals surface area contributed by atoms with E-state index in [9.17, 15) is 4.79 Å². The summed E-state index contributed by atoms with van der Waals surface area (Å²) in [6.07, 6.45) is 0. The van der Waals surface area contributed by atoms with E-state index in [1.807, 2.05) is 0 Å². The molecule has 0 atom stereocenters. The molecule has 0 aliphatic heterocycles. The highest BCUT2D eigenvalue weighted by molar-refractivity contribution is 5.73. The van der Waals surface area contributed by atoms with E-state index in [0.717, 1.165) is 0 Å². The molecular formula is C9H12N6O3. The molecule has 96 valence electrons. The predicted molar refractivity (Wildman–Crippen MR) is 60.3 cm³/mol. The maximum Gasteiger partial charge on any atom is 0.323 e. The van der Waals surface area contributed by atoms with Crippen LogP contribution >= 0.6 is 0 Å². The number of methoxy groups -OCH3 is 1. The number of anilines is 1. The molecule has 2 aromatic heterocycles. The van der Waals surface area contributed by atoms with E-state index in [1.54, 1.807) is 24.1 Å². The average Bonchev–Trinajstić information content (AvgIpc) is 2.81. The van der Waals surface area contributed by atoms with Crippen LogP contribution in [0.2, 0.25) is 0 Å². The monoisotopic (exact) mass is 252 g/mol. The zero-order valence-corrected chi connectivity index (χ0v) is 9.72. The SMILES string of the molecule is COCCN(CC(=O)O)c1ccc2nnnn2n1. The minimum absolute atomic E-state index is 0.163. The van der Waals surface area contributed by atoms with Crippen LogP contribution in [0.15, 0.2) is 12.1 Å². The van der Waals surface area contributed by atoms with Gasteiger partial charge in [0.05, 0.1) is 6.61 Å². The van der Waals surface area contributed by atoms with E-state index in [-0.39, 0.29) is 6.54 Å². The maximum absolute atomic E-state index is 10.8. The largest absolute Gasteiger partial charge is 0.480 e. The first-order valence-corrected chi connectivity index (χ1v) is 5.22. The molecule has 0 saturated carbocycles. The summed E-state index contributed by atoms with van der Waals surface area (Å²) in [6, 6.07) is 3.34. The van der Waals surface area contributed by atoms with Crippen molar-refractivity contribution in [3.8, 4) is 0 Å². The third-order valence-corrected chi connectivity index (χ3v) is 2.27. The summed E-state index contributed by atoms with van der Waals surface area (Å²) in [7, 11) is 1.55. The number of carboxylic acids is 1. The Morgan fingerprint density at radius 2 is 2.39 bits per heavy atom. The van der Waals surface area contributed by atoms with Gasteiger partial charge in [-0.2, -0.15) is 0 Å². The molecule has 0 aromatic carbocycles. The smallest absolute Gasteiger partial charge is 0.323 e. The van der Waals surface area contributed by atoms with Crippen molar-refractivity contribution in [1.29, 1.82) is 0 Å². The summed E-state index contributed by atoms with van der Waals surface area (Å²) in [5, 5.41) is 23.8. The van der Waals surface area contributed by atoms with Crippen LogP contribution in [0, 0.1) is 0 Å². The minimum Gasteiger partial charge on any atom is -0.480 e. The van der Waals surface area contributed by atoms with Crippen LogP contribution in [-0.2, 0) is 9.53 Å². The van der Waals surface area contributed by atoms with Crippen molar-refractivity contribution in [1.82, 2.24) is 25.3 Å². The lowest BCUT2D eigenvalue weighted by molar-refractivity contribution is -0.135. The summed E-state index contributed by atoms with van der Waals surface area (Å²) in [6.45, 7) is 0.663. The van der Waals surface area contributed by atoms with Crippen molar-refractivity contribution in [3.63, 3.8) is 0 Å². The number of hydrogen-bond acceptors (Lipinski definition) is 7. The van der Waals surface area contributed by atoms with Crippen LogP contribution in [0.3, 0.4) is 0 Å². The molecule has 2 heterocycles. The van der Waals surface area contributed by atoms with Crippen LogP contribution in [0.1, 0.15) is 0 Å². The fourth-order valence-corrected chi connectivity index (χ4v) is 1.45. The topological polar surface area (TPSA) is 106 Å². The molecule has 18 heavy (non-hydrogen) atoms. The van der Waals surface area contributed by atoms with E-state index >= 15 is 0 Å². The van der Waals surface area contributed by atoms with Crippen molar-refractivity contribution >= 4 is 17.4 Å². The second-order valence-electron chi connectivity index (χ2n) is 3.53. The quantitative estimate of drug-likeness (QED) is 0.702. The number of ether oxygens (including phenoxy) is 1. The molecule has 0 spiro atoms. The Hall–Kier alpha value is -2.29. The Morgan fingerprint density at radius 1 is 1.56 bits per heavy atom. The van der Waals surface area contributed by atoms with E-state index in [1.165, 1.54) is 4.63 Å². The summed E-state index contributed by atoms with van der Waals surface area (Å²) >= 11 is 0. The minimum atomic E-state index is -0.940. The molecular weight excluding hydrogens is 240 g/mol. The second-order valence-corrected chi connectivity index (χ2v) is 3.53. The number of aromatic nitrogens is 5. The van der Waals surface area contributed by atoms with Crippen molar-refractivity contribution < 1.29 is 14.6 Å². The predicted octanol–water partition coefficient (Wildman–Crippen LogP) is -0.943. The van der Waals surface area contributed by atoms with Crippen molar-refractivity contribution in [2.75, 3.05) is 31.7 Å². The van der Waals surface area contributed by atoms with Gasteiger partial charge in [0.1, 0.15) is 6.54 Å². The highest BCUT2D eigenvalue weighted by Gasteiger charge is 2.13. The third-order valence-electron chi connectivity index (χ3n) is 2.27. The second kappa shape index (κ2) is 5.36. The molecule has 0 bridgehead atoms. The zero-order valence-electron chi connectivity index (χ0n) is 9.72. The van der Waals surface area contributed by atoms with Crippen molar-refractivity contribution in [2.45, 2.75) is 0 Å². The first-order chi connectivity index (χ1) is 8.70. The molecule has 0 saturated heterocycles. The standard InChI is InChI=1S/C9H12N6O3/c1-18-5-4-14(6-9(16)17)8-3-2-7-10-12-13-15(7)11-8/h2-3H,4-6H2,1H3,(H,16,17). The van der Waals surface area contributed by atoms with Gasteiger partial charge in [0, 0.05) is 13.7 Å². The number of rotatable bonds is 6. The van der Waals surface area contributed by atoms with Gasteiger partial charge < -0.3 is 14.7 Å². The Morgan fingerprint density at radius 3 is 3.11 bits per heavy atom. The highest BCUT2D eigenvalue weighted by Crippen LogP contribution is 2.09. The summed E-state index contributed by atoms with van der Waals surface area (Å²) in [5.74, 6) is -0.459. The van der Waals surface area contributed by atoms with Crippen LogP contribution in [0.5, 0.6) is 0 Å². The van der Waals surface area contributed by atoms with E-state index in [0.29, 0.717) is 24.6 Å². The molecule has 2 aromatic rings. The van der Waals surface area contributed by atoms with Gasteiger partial charge in [-0.3, -0.25) is 4.79 Å². The zero-order chi connectivity index (χ0) is 13.0. The molecule has 0 radical (unpaired) electrons. The van der Waals surface area contributed by atoms with Gasteiger partial charge in [-0.25, -0.2) is 0 Å².